The number of hydrogen-bond acceptors (Lipinski definition) is 7. The number of carbonyl (C=O) groups is 2. The van der Waals surface area contributed by atoms with Gasteiger partial charge in [0.2, 0.25) is 0 Å². The van der Waals surface area contributed by atoms with Crippen LogP contribution in [-0.4, -0.2) is 58.6 Å². The van der Waals surface area contributed by atoms with E-state index in [0.717, 1.165) is 11.3 Å². The van der Waals surface area contributed by atoms with Crippen molar-refractivity contribution in [3.63, 3.8) is 0 Å². The molecule has 10 heteroatoms. The SMILES string of the molecule is CC(C)(C)OC(=O)N1CCN(c2ccc(C(=O)Nc3nc(-c4ccccc4Cl)cs3)nc2)CC1. The van der Waals surface area contributed by atoms with Crippen LogP contribution in [-0.2, 0) is 4.74 Å². The van der Waals surface area contributed by atoms with Crippen LogP contribution in [0.2, 0.25) is 5.02 Å². The molecular weight excluding hydrogens is 474 g/mol. The summed E-state index contributed by atoms with van der Waals surface area (Å²) in [5.74, 6) is -0.332. The van der Waals surface area contributed by atoms with E-state index in [1.165, 1.54) is 11.3 Å². The lowest BCUT2D eigenvalue weighted by atomic mass is 10.2. The van der Waals surface area contributed by atoms with Gasteiger partial charge in [0.1, 0.15) is 11.3 Å². The topological polar surface area (TPSA) is 87.7 Å². The van der Waals surface area contributed by atoms with Crippen LogP contribution < -0.4 is 10.2 Å². The molecule has 2 amide bonds. The third-order valence-corrected chi connectivity index (χ3v) is 6.24. The maximum Gasteiger partial charge on any atom is 0.410 e. The fourth-order valence-electron chi connectivity index (χ4n) is 3.47. The zero-order valence-electron chi connectivity index (χ0n) is 19.2. The third kappa shape index (κ3) is 5.84. The van der Waals surface area contributed by atoms with E-state index in [2.05, 4.69) is 20.2 Å². The van der Waals surface area contributed by atoms with Gasteiger partial charge in [-0.3, -0.25) is 10.1 Å². The van der Waals surface area contributed by atoms with Gasteiger partial charge in [-0.2, -0.15) is 0 Å². The number of thiazole rings is 1. The minimum Gasteiger partial charge on any atom is -0.444 e. The second-order valence-electron chi connectivity index (χ2n) is 8.83. The van der Waals surface area contributed by atoms with Gasteiger partial charge in [-0.15, -0.1) is 11.3 Å². The molecule has 1 fully saturated rings. The molecule has 0 radical (unpaired) electrons. The molecular formula is C24H26ClN5O3S. The van der Waals surface area contributed by atoms with Gasteiger partial charge < -0.3 is 14.5 Å². The third-order valence-electron chi connectivity index (χ3n) is 5.15. The Kier molecular flexibility index (Phi) is 7.04. The summed E-state index contributed by atoms with van der Waals surface area (Å²) in [6.07, 6.45) is 1.38. The maximum absolute atomic E-state index is 12.6. The fraction of sp³-hybridized carbons (Fsp3) is 0.333. The number of carbonyl (C=O) groups excluding carboxylic acids is 2. The number of ether oxygens (including phenoxy) is 1. The van der Waals surface area contributed by atoms with Crippen LogP contribution in [0.15, 0.2) is 48.0 Å². The van der Waals surface area contributed by atoms with E-state index in [-0.39, 0.29) is 12.0 Å². The Morgan fingerprint density at radius 3 is 2.47 bits per heavy atom. The summed E-state index contributed by atoms with van der Waals surface area (Å²) >= 11 is 7.56. The summed E-state index contributed by atoms with van der Waals surface area (Å²) in [5.41, 5.74) is 2.21. The standard InChI is InChI=1S/C24H26ClN5O3S/c1-24(2,3)33-23(32)30-12-10-29(11-13-30)16-8-9-19(26-14-16)21(31)28-22-27-20(15-34-22)17-6-4-5-7-18(17)25/h4-9,14-15H,10-13H2,1-3H3,(H,27,28,31). The highest BCUT2D eigenvalue weighted by Gasteiger charge is 2.26. The molecule has 0 unspecified atom stereocenters. The van der Waals surface area contributed by atoms with Crippen molar-refractivity contribution in [2.24, 2.45) is 0 Å². The lowest BCUT2D eigenvalue weighted by molar-refractivity contribution is 0.0240. The predicted octanol–water partition coefficient (Wildman–Crippen LogP) is 5.17. The maximum atomic E-state index is 12.6. The summed E-state index contributed by atoms with van der Waals surface area (Å²) in [4.78, 5) is 37.5. The first-order valence-electron chi connectivity index (χ1n) is 10.9. The van der Waals surface area contributed by atoms with Crippen molar-refractivity contribution >= 4 is 45.8 Å². The second kappa shape index (κ2) is 9.99. The van der Waals surface area contributed by atoms with Gasteiger partial charge in [0.25, 0.3) is 5.91 Å². The average molecular weight is 500 g/mol. The lowest BCUT2D eigenvalue weighted by Gasteiger charge is -2.36. The number of aromatic nitrogens is 2. The van der Waals surface area contributed by atoms with Crippen LogP contribution >= 0.6 is 22.9 Å². The summed E-state index contributed by atoms with van der Waals surface area (Å²) in [5, 5.41) is 5.73. The van der Waals surface area contributed by atoms with E-state index < -0.39 is 5.60 Å². The van der Waals surface area contributed by atoms with Gasteiger partial charge in [0.15, 0.2) is 5.13 Å². The Morgan fingerprint density at radius 2 is 1.82 bits per heavy atom. The number of nitrogens with zero attached hydrogens (tertiary/aromatic N) is 4. The van der Waals surface area contributed by atoms with E-state index in [1.807, 2.05) is 50.4 Å². The molecule has 0 bridgehead atoms. The number of nitrogens with one attached hydrogen (secondary N) is 1. The summed E-state index contributed by atoms with van der Waals surface area (Å²) in [7, 11) is 0. The first-order valence-corrected chi connectivity index (χ1v) is 12.2. The van der Waals surface area contributed by atoms with Gasteiger partial charge in [0, 0.05) is 42.1 Å². The number of piperazine rings is 1. The first-order chi connectivity index (χ1) is 16.2. The zero-order valence-corrected chi connectivity index (χ0v) is 20.8. The molecule has 8 nitrogen and oxygen atoms in total. The minimum atomic E-state index is -0.511. The van der Waals surface area contributed by atoms with Crippen LogP contribution in [0.1, 0.15) is 31.3 Å². The van der Waals surface area contributed by atoms with Crippen LogP contribution in [0, 0.1) is 0 Å². The van der Waals surface area contributed by atoms with Crippen LogP contribution in [0.4, 0.5) is 15.6 Å². The molecule has 178 valence electrons. The number of pyridine rings is 1. The van der Waals surface area contributed by atoms with Crippen molar-refractivity contribution in [2.45, 2.75) is 26.4 Å². The second-order valence-corrected chi connectivity index (χ2v) is 10.1. The van der Waals surface area contributed by atoms with E-state index >= 15 is 0 Å². The Morgan fingerprint density at radius 1 is 1.09 bits per heavy atom. The summed E-state index contributed by atoms with van der Waals surface area (Å²) < 4.78 is 5.44. The molecule has 3 aromatic rings. The number of amides is 2. The fourth-order valence-corrected chi connectivity index (χ4v) is 4.40. The van der Waals surface area contributed by atoms with Gasteiger partial charge in [-0.1, -0.05) is 29.8 Å². The van der Waals surface area contributed by atoms with E-state index in [1.54, 1.807) is 23.2 Å². The molecule has 1 aliphatic heterocycles. The molecule has 3 heterocycles. The Balaban J connectivity index is 1.33. The lowest BCUT2D eigenvalue weighted by Crippen LogP contribution is -2.50. The minimum absolute atomic E-state index is 0.294. The molecule has 1 aromatic carbocycles. The van der Waals surface area contributed by atoms with Crippen molar-refractivity contribution in [2.75, 3.05) is 36.4 Å². The van der Waals surface area contributed by atoms with Gasteiger partial charge in [-0.05, 0) is 39.0 Å². The normalized spacial score (nSPS) is 14.1. The van der Waals surface area contributed by atoms with Gasteiger partial charge in [0.05, 0.1) is 17.6 Å². The van der Waals surface area contributed by atoms with E-state index in [4.69, 9.17) is 16.3 Å². The van der Waals surface area contributed by atoms with Crippen LogP contribution in [0.5, 0.6) is 0 Å². The molecule has 0 aliphatic carbocycles. The molecule has 1 saturated heterocycles. The Hall–Kier alpha value is -3.17. The molecule has 4 rings (SSSR count). The predicted molar refractivity (Wildman–Crippen MR) is 135 cm³/mol. The van der Waals surface area contributed by atoms with Crippen molar-refractivity contribution in [1.82, 2.24) is 14.9 Å². The Labute approximate surface area is 207 Å². The largest absolute Gasteiger partial charge is 0.444 e. The number of benzene rings is 1. The van der Waals surface area contributed by atoms with Gasteiger partial charge in [-0.25, -0.2) is 14.8 Å². The van der Waals surface area contributed by atoms with Crippen molar-refractivity contribution in [3.05, 3.63) is 58.7 Å². The molecule has 0 atom stereocenters. The smallest absolute Gasteiger partial charge is 0.410 e. The molecule has 0 spiro atoms. The van der Waals surface area contributed by atoms with E-state index in [9.17, 15) is 9.59 Å². The van der Waals surface area contributed by atoms with Crippen LogP contribution in [0.25, 0.3) is 11.3 Å². The number of anilines is 2. The van der Waals surface area contributed by atoms with Crippen molar-refractivity contribution < 1.29 is 14.3 Å². The Bertz CT molecular complexity index is 1170. The van der Waals surface area contributed by atoms with Crippen molar-refractivity contribution in [1.29, 1.82) is 0 Å². The zero-order chi connectivity index (χ0) is 24.3. The number of halogens is 1. The number of hydrogen-bond donors (Lipinski definition) is 1. The monoisotopic (exact) mass is 499 g/mol. The molecule has 1 N–H and O–H groups in total. The first kappa shape index (κ1) is 24.0. The quantitative estimate of drug-likeness (QED) is 0.533. The van der Waals surface area contributed by atoms with Crippen LogP contribution in [0.3, 0.4) is 0 Å². The highest BCUT2D eigenvalue weighted by atomic mass is 35.5. The molecule has 1 aliphatic rings. The van der Waals surface area contributed by atoms with Gasteiger partial charge >= 0.3 is 6.09 Å². The molecule has 0 saturated carbocycles. The van der Waals surface area contributed by atoms with E-state index in [0.29, 0.717) is 47.7 Å². The summed E-state index contributed by atoms with van der Waals surface area (Å²) in [6.45, 7) is 8.03. The molecule has 34 heavy (non-hydrogen) atoms. The summed E-state index contributed by atoms with van der Waals surface area (Å²) in [6, 6.07) is 11.0. The average Bonchev–Trinajstić information content (AvgIpc) is 3.26. The molecule has 2 aromatic heterocycles. The van der Waals surface area contributed by atoms with Crippen molar-refractivity contribution in [3.8, 4) is 11.3 Å². The highest BCUT2D eigenvalue weighted by molar-refractivity contribution is 7.14. The highest BCUT2D eigenvalue weighted by Crippen LogP contribution is 2.30. The number of rotatable bonds is 4.